The Balaban J connectivity index is 1.40. The van der Waals surface area contributed by atoms with E-state index in [1.54, 1.807) is 17.0 Å². The topological polar surface area (TPSA) is 64.7 Å². The summed E-state index contributed by atoms with van der Waals surface area (Å²) in [5, 5.41) is 4.30. The average molecular weight is 323 g/mol. The van der Waals surface area contributed by atoms with Crippen molar-refractivity contribution in [3.8, 4) is 0 Å². The minimum absolute atomic E-state index is 0.0842. The minimum Gasteiger partial charge on any atom is -0.347 e. The van der Waals surface area contributed by atoms with Crippen molar-refractivity contribution in [3.63, 3.8) is 0 Å². The summed E-state index contributed by atoms with van der Waals surface area (Å²) in [5.41, 5.74) is 1.05. The van der Waals surface area contributed by atoms with Gasteiger partial charge in [0, 0.05) is 49.3 Å². The van der Waals surface area contributed by atoms with E-state index in [0.717, 1.165) is 31.3 Å². The zero-order chi connectivity index (χ0) is 16.5. The van der Waals surface area contributed by atoms with E-state index >= 15 is 0 Å². The Kier molecular flexibility index (Phi) is 3.80. The fourth-order valence-corrected chi connectivity index (χ4v) is 3.61. The van der Waals surface area contributed by atoms with Crippen molar-refractivity contribution < 1.29 is 4.79 Å². The molecule has 6 nitrogen and oxygen atoms in total. The van der Waals surface area contributed by atoms with E-state index in [9.17, 15) is 4.79 Å². The first kappa shape index (κ1) is 14.9. The largest absolute Gasteiger partial charge is 0.347 e. The van der Waals surface area contributed by atoms with Gasteiger partial charge < -0.3 is 14.5 Å². The highest BCUT2D eigenvalue weighted by Gasteiger charge is 2.25. The quantitative estimate of drug-likeness (QED) is 0.806. The van der Waals surface area contributed by atoms with Crippen molar-refractivity contribution in [2.24, 2.45) is 7.05 Å². The lowest BCUT2D eigenvalue weighted by molar-refractivity contribution is 0.0909. The second-order valence-electron chi connectivity index (χ2n) is 6.48. The highest BCUT2D eigenvalue weighted by molar-refractivity contribution is 5.90. The molecule has 1 fully saturated rings. The molecule has 0 saturated heterocycles. The van der Waals surface area contributed by atoms with Crippen LogP contribution in [0, 0.1) is 0 Å². The average Bonchev–Trinajstić information content (AvgIpc) is 3.22. The van der Waals surface area contributed by atoms with Gasteiger partial charge in [0.1, 0.15) is 5.65 Å². The molecular weight excluding hydrogens is 302 g/mol. The summed E-state index contributed by atoms with van der Waals surface area (Å²) < 4.78 is 4.03. The molecule has 1 N–H and O–H groups in total. The fourth-order valence-electron chi connectivity index (χ4n) is 3.61. The van der Waals surface area contributed by atoms with Crippen molar-refractivity contribution >= 4 is 16.9 Å². The van der Waals surface area contributed by atoms with Gasteiger partial charge in [-0.2, -0.15) is 0 Å². The molecule has 6 heteroatoms. The maximum absolute atomic E-state index is 12.3. The van der Waals surface area contributed by atoms with Gasteiger partial charge in [-0.1, -0.05) is 0 Å². The molecule has 1 aliphatic rings. The predicted molar refractivity (Wildman–Crippen MR) is 91.7 cm³/mol. The number of aryl methyl sites for hydroxylation is 1. The highest BCUT2D eigenvalue weighted by Crippen LogP contribution is 2.31. The van der Waals surface area contributed by atoms with Crippen LogP contribution in [-0.2, 0) is 7.05 Å². The second-order valence-corrected chi connectivity index (χ2v) is 6.48. The van der Waals surface area contributed by atoms with Crippen molar-refractivity contribution in [3.05, 3.63) is 48.8 Å². The van der Waals surface area contributed by atoms with Crippen LogP contribution in [0.4, 0.5) is 0 Å². The van der Waals surface area contributed by atoms with Crippen LogP contribution in [0.25, 0.3) is 11.0 Å². The molecule has 0 radical (unpaired) electrons. The summed E-state index contributed by atoms with van der Waals surface area (Å²) >= 11 is 0. The molecule has 0 aromatic carbocycles. The molecule has 3 aromatic heterocycles. The Bertz CT molecular complexity index is 857. The Morgan fingerprint density at radius 1 is 1.12 bits per heavy atom. The number of amides is 1. The van der Waals surface area contributed by atoms with E-state index in [1.807, 2.05) is 19.3 Å². The van der Waals surface area contributed by atoms with E-state index in [2.05, 4.69) is 38.2 Å². The van der Waals surface area contributed by atoms with Crippen LogP contribution in [0.1, 0.15) is 42.3 Å². The van der Waals surface area contributed by atoms with Gasteiger partial charge in [-0.3, -0.25) is 4.79 Å². The number of nitrogens with zero attached hydrogens (tertiary/aromatic N) is 4. The van der Waals surface area contributed by atoms with Gasteiger partial charge in [0.2, 0.25) is 0 Å². The van der Waals surface area contributed by atoms with Gasteiger partial charge in [0.05, 0.1) is 0 Å². The van der Waals surface area contributed by atoms with Crippen molar-refractivity contribution in [2.45, 2.75) is 37.8 Å². The van der Waals surface area contributed by atoms with E-state index in [-0.39, 0.29) is 11.9 Å². The number of carbonyl (C=O) groups excluding carboxylic acids is 1. The van der Waals surface area contributed by atoms with Crippen molar-refractivity contribution in [1.82, 2.24) is 24.4 Å². The number of rotatable bonds is 3. The molecule has 124 valence electrons. The van der Waals surface area contributed by atoms with Crippen LogP contribution in [0.2, 0.25) is 0 Å². The van der Waals surface area contributed by atoms with Crippen molar-refractivity contribution in [1.29, 1.82) is 0 Å². The molecule has 1 saturated carbocycles. The highest BCUT2D eigenvalue weighted by atomic mass is 16.2. The first-order chi connectivity index (χ1) is 11.7. The Hall–Kier alpha value is -2.63. The number of carbonyl (C=O) groups is 1. The Labute approximate surface area is 140 Å². The number of fused-ring (bicyclic) bond motifs is 1. The molecule has 0 spiro atoms. The van der Waals surface area contributed by atoms with Crippen molar-refractivity contribution in [2.75, 3.05) is 0 Å². The standard InChI is InChI=1S/C18H21N5O/c1-22-12-10-20-17(22)18(24)21-14-4-6-15(7-5-14)23-11-8-13-3-2-9-19-16(13)23/h2-3,8-12,14-15H,4-7H2,1H3,(H,21,24). The number of pyridine rings is 1. The Morgan fingerprint density at radius 3 is 2.71 bits per heavy atom. The molecule has 0 aliphatic heterocycles. The lowest BCUT2D eigenvalue weighted by Gasteiger charge is -2.30. The van der Waals surface area contributed by atoms with E-state index in [1.165, 1.54) is 5.39 Å². The number of hydrogen-bond acceptors (Lipinski definition) is 3. The van der Waals surface area contributed by atoms with Gasteiger partial charge in [-0.05, 0) is 43.9 Å². The SMILES string of the molecule is Cn1ccnc1C(=O)NC1CCC(n2ccc3cccnc32)CC1. The summed E-state index contributed by atoms with van der Waals surface area (Å²) in [6, 6.07) is 6.87. The molecule has 24 heavy (non-hydrogen) atoms. The third kappa shape index (κ3) is 2.68. The van der Waals surface area contributed by atoms with Gasteiger partial charge in [0.25, 0.3) is 5.91 Å². The summed E-state index contributed by atoms with van der Waals surface area (Å²) in [6.07, 6.45) is 11.5. The van der Waals surface area contributed by atoms with Crippen LogP contribution < -0.4 is 5.32 Å². The zero-order valence-corrected chi connectivity index (χ0v) is 13.7. The minimum atomic E-state index is -0.0842. The summed E-state index contributed by atoms with van der Waals surface area (Å²) in [6.45, 7) is 0. The van der Waals surface area contributed by atoms with E-state index in [4.69, 9.17) is 0 Å². The van der Waals surface area contributed by atoms with Crippen LogP contribution >= 0.6 is 0 Å². The summed E-state index contributed by atoms with van der Waals surface area (Å²) in [5.74, 6) is 0.386. The Morgan fingerprint density at radius 2 is 1.96 bits per heavy atom. The lowest BCUT2D eigenvalue weighted by atomic mass is 9.91. The van der Waals surface area contributed by atoms with Gasteiger partial charge in [-0.25, -0.2) is 9.97 Å². The predicted octanol–water partition coefficient (Wildman–Crippen LogP) is 2.68. The molecule has 1 amide bonds. The fraction of sp³-hybridized carbons (Fsp3) is 0.389. The molecule has 4 rings (SSSR count). The number of nitrogens with one attached hydrogen (secondary N) is 1. The maximum atomic E-state index is 12.3. The zero-order valence-electron chi connectivity index (χ0n) is 13.7. The molecule has 3 aromatic rings. The molecule has 1 aliphatic carbocycles. The molecule has 0 atom stereocenters. The number of imidazole rings is 1. The third-order valence-corrected chi connectivity index (χ3v) is 4.93. The summed E-state index contributed by atoms with van der Waals surface area (Å²) in [7, 11) is 1.84. The van der Waals surface area contributed by atoms with Gasteiger partial charge in [-0.15, -0.1) is 0 Å². The summed E-state index contributed by atoms with van der Waals surface area (Å²) in [4.78, 5) is 20.9. The second kappa shape index (κ2) is 6.11. The molecular formula is C18H21N5O. The maximum Gasteiger partial charge on any atom is 0.287 e. The first-order valence-electron chi connectivity index (χ1n) is 8.42. The van der Waals surface area contributed by atoms with Gasteiger partial charge >= 0.3 is 0 Å². The van der Waals surface area contributed by atoms with Crippen LogP contribution in [0.15, 0.2) is 43.0 Å². The van der Waals surface area contributed by atoms with E-state index < -0.39 is 0 Å². The molecule has 0 unspecified atom stereocenters. The van der Waals surface area contributed by atoms with Crippen LogP contribution in [0.5, 0.6) is 0 Å². The normalized spacial score (nSPS) is 21.0. The lowest BCUT2D eigenvalue weighted by Crippen LogP contribution is -2.39. The van der Waals surface area contributed by atoms with Crippen LogP contribution in [-0.4, -0.2) is 31.1 Å². The monoisotopic (exact) mass is 323 g/mol. The molecule has 0 bridgehead atoms. The number of aromatic nitrogens is 4. The number of hydrogen-bond donors (Lipinski definition) is 1. The third-order valence-electron chi connectivity index (χ3n) is 4.93. The smallest absolute Gasteiger partial charge is 0.287 e. The first-order valence-corrected chi connectivity index (χ1v) is 8.42. The van der Waals surface area contributed by atoms with E-state index in [0.29, 0.717) is 11.9 Å². The van der Waals surface area contributed by atoms with Gasteiger partial charge in [0.15, 0.2) is 5.82 Å². The van der Waals surface area contributed by atoms with Crippen LogP contribution in [0.3, 0.4) is 0 Å². The molecule has 3 heterocycles.